The van der Waals surface area contributed by atoms with Crippen molar-refractivity contribution < 1.29 is 4.74 Å². The summed E-state index contributed by atoms with van der Waals surface area (Å²) in [5.41, 5.74) is 0.823. The molecule has 0 radical (unpaired) electrons. The van der Waals surface area contributed by atoms with Gasteiger partial charge in [-0.25, -0.2) is 4.98 Å². The van der Waals surface area contributed by atoms with E-state index in [1.165, 1.54) is 0 Å². The molecule has 0 spiro atoms. The molecule has 2 aromatic rings. The van der Waals surface area contributed by atoms with Gasteiger partial charge in [-0.3, -0.25) is 5.10 Å². The molecule has 0 saturated carbocycles. The summed E-state index contributed by atoms with van der Waals surface area (Å²) in [6.07, 6.45) is 3.91. The molecule has 0 aliphatic carbocycles. The van der Waals surface area contributed by atoms with Gasteiger partial charge in [-0.15, -0.1) is 5.10 Å². The topological polar surface area (TPSA) is 79.0 Å². The summed E-state index contributed by atoms with van der Waals surface area (Å²) in [6.45, 7) is 1.93. The van der Waals surface area contributed by atoms with E-state index in [9.17, 15) is 0 Å². The largest absolute Gasteiger partial charge is 0.480 e. The van der Waals surface area contributed by atoms with Crippen LogP contribution in [0.25, 0.3) is 11.4 Å². The number of pyridine rings is 1. The van der Waals surface area contributed by atoms with Gasteiger partial charge in [0.1, 0.15) is 0 Å². The van der Waals surface area contributed by atoms with E-state index < -0.39 is 0 Å². The molecule has 2 aromatic heterocycles. The maximum atomic E-state index is 5.26. The molecule has 7 nitrogen and oxygen atoms in total. The number of ether oxygens (including phenoxy) is 1. The zero-order valence-electron chi connectivity index (χ0n) is 12.3. The Morgan fingerprint density at radius 3 is 2.90 bits per heavy atom. The zero-order chi connectivity index (χ0) is 14.7. The van der Waals surface area contributed by atoms with Gasteiger partial charge in [-0.1, -0.05) is 0 Å². The molecule has 1 saturated heterocycles. The lowest BCUT2D eigenvalue weighted by atomic mass is 10.1. The fraction of sp³-hybridized carbons (Fsp3) is 0.500. The van der Waals surface area contributed by atoms with E-state index in [1.807, 2.05) is 19.2 Å². The molecule has 3 rings (SSSR count). The highest BCUT2D eigenvalue weighted by Gasteiger charge is 2.21. The molecular weight excluding hydrogens is 268 g/mol. The van der Waals surface area contributed by atoms with Crippen LogP contribution in [0.15, 0.2) is 18.3 Å². The Bertz CT molecular complexity index is 591. The normalized spacial score (nSPS) is 16.2. The van der Waals surface area contributed by atoms with Gasteiger partial charge in [0, 0.05) is 25.3 Å². The minimum atomic E-state index is 0.550. The van der Waals surface area contributed by atoms with Gasteiger partial charge >= 0.3 is 0 Å². The third-order valence-corrected chi connectivity index (χ3v) is 3.88. The van der Waals surface area contributed by atoms with Crippen molar-refractivity contribution in [3.63, 3.8) is 0 Å². The average Bonchev–Trinajstić information content (AvgIpc) is 3.04. The smallest absolute Gasteiger partial charge is 0.245 e. The fourth-order valence-electron chi connectivity index (χ4n) is 2.62. The number of anilines is 1. The summed E-state index contributed by atoms with van der Waals surface area (Å²) >= 11 is 0. The summed E-state index contributed by atoms with van der Waals surface area (Å²) < 4.78 is 5.26. The first kappa shape index (κ1) is 13.8. The van der Waals surface area contributed by atoms with Crippen molar-refractivity contribution in [2.24, 2.45) is 0 Å². The average molecular weight is 288 g/mol. The van der Waals surface area contributed by atoms with Crippen LogP contribution < -0.4 is 15.0 Å². The molecule has 0 amide bonds. The van der Waals surface area contributed by atoms with Crippen molar-refractivity contribution in [3.05, 3.63) is 18.3 Å². The number of methoxy groups -OCH3 is 1. The van der Waals surface area contributed by atoms with Crippen LogP contribution in [0.5, 0.6) is 5.88 Å². The summed E-state index contributed by atoms with van der Waals surface area (Å²) in [4.78, 5) is 11.0. The lowest BCUT2D eigenvalue weighted by Crippen LogP contribution is -2.41. The van der Waals surface area contributed by atoms with Crippen LogP contribution >= 0.6 is 0 Å². The summed E-state index contributed by atoms with van der Waals surface area (Å²) in [7, 11) is 3.62. The molecule has 7 heteroatoms. The lowest BCUT2D eigenvalue weighted by molar-refractivity contribution is 0.399. The number of piperidine rings is 1. The molecule has 3 heterocycles. The Morgan fingerprint density at radius 1 is 1.38 bits per heavy atom. The number of aromatic amines is 1. The molecule has 1 aliphatic heterocycles. The number of aromatic nitrogens is 4. The van der Waals surface area contributed by atoms with E-state index in [2.05, 4.69) is 30.4 Å². The molecular formula is C14H20N6O. The summed E-state index contributed by atoms with van der Waals surface area (Å²) in [5.74, 6) is 1.98. The van der Waals surface area contributed by atoms with E-state index in [-0.39, 0.29) is 0 Å². The maximum absolute atomic E-state index is 5.26. The highest BCUT2D eigenvalue weighted by molar-refractivity contribution is 5.62. The SMILES string of the molecule is CNC1CCN(c2n[nH]c(-c3cccnc3OC)n2)CC1. The van der Waals surface area contributed by atoms with Gasteiger partial charge < -0.3 is 15.0 Å². The molecule has 21 heavy (non-hydrogen) atoms. The van der Waals surface area contributed by atoms with E-state index in [0.717, 1.165) is 37.4 Å². The Hall–Kier alpha value is -2.15. The van der Waals surface area contributed by atoms with Crippen molar-refractivity contribution in [1.29, 1.82) is 0 Å². The second kappa shape index (κ2) is 6.09. The molecule has 0 atom stereocenters. The van der Waals surface area contributed by atoms with Crippen LogP contribution in [0.1, 0.15) is 12.8 Å². The van der Waals surface area contributed by atoms with E-state index in [4.69, 9.17) is 4.74 Å². The van der Waals surface area contributed by atoms with Gasteiger partial charge in [0.2, 0.25) is 11.8 Å². The van der Waals surface area contributed by atoms with Crippen LogP contribution in [-0.4, -0.2) is 53.5 Å². The minimum Gasteiger partial charge on any atom is -0.480 e. The van der Waals surface area contributed by atoms with Crippen LogP contribution in [0.4, 0.5) is 5.95 Å². The predicted octanol–water partition coefficient (Wildman–Crippen LogP) is 1.06. The number of nitrogens with zero attached hydrogens (tertiary/aromatic N) is 4. The van der Waals surface area contributed by atoms with Crippen molar-refractivity contribution in [1.82, 2.24) is 25.5 Å². The third-order valence-electron chi connectivity index (χ3n) is 3.88. The van der Waals surface area contributed by atoms with Gasteiger partial charge in [-0.05, 0) is 32.0 Å². The summed E-state index contributed by atoms with van der Waals surface area (Å²) in [6, 6.07) is 4.38. The van der Waals surface area contributed by atoms with Crippen LogP contribution in [0.3, 0.4) is 0 Å². The number of rotatable bonds is 4. The third kappa shape index (κ3) is 2.82. The minimum absolute atomic E-state index is 0.550. The highest BCUT2D eigenvalue weighted by Crippen LogP contribution is 2.26. The molecule has 1 aliphatic rings. The van der Waals surface area contributed by atoms with Crippen LogP contribution in [-0.2, 0) is 0 Å². The second-order valence-corrected chi connectivity index (χ2v) is 5.09. The zero-order valence-corrected chi connectivity index (χ0v) is 12.3. The number of H-pyrrole nitrogens is 1. The Balaban J connectivity index is 1.78. The second-order valence-electron chi connectivity index (χ2n) is 5.09. The number of hydrogen-bond donors (Lipinski definition) is 2. The number of hydrogen-bond acceptors (Lipinski definition) is 6. The molecule has 1 fully saturated rings. The van der Waals surface area contributed by atoms with Crippen molar-refractivity contribution in [2.75, 3.05) is 32.1 Å². The molecule has 112 valence electrons. The Labute approximate surface area is 123 Å². The number of nitrogens with one attached hydrogen (secondary N) is 2. The van der Waals surface area contributed by atoms with E-state index in [0.29, 0.717) is 17.7 Å². The fourth-order valence-corrected chi connectivity index (χ4v) is 2.62. The highest BCUT2D eigenvalue weighted by atomic mass is 16.5. The van der Waals surface area contributed by atoms with E-state index >= 15 is 0 Å². The van der Waals surface area contributed by atoms with Gasteiger partial charge in [-0.2, -0.15) is 4.98 Å². The lowest BCUT2D eigenvalue weighted by Gasteiger charge is -2.30. The van der Waals surface area contributed by atoms with Crippen molar-refractivity contribution in [2.45, 2.75) is 18.9 Å². The molecule has 0 bridgehead atoms. The van der Waals surface area contributed by atoms with E-state index in [1.54, 1.807) is 13.3 Å². The predicted molar refractivity (Wildman–Crippen MR) is 80.5 cm³/mol. The van der Waals surface area contributed by atoms with Crippen molar-refractivity contribution in [3.8, 4) is 17.3 Å². The first-order valence-electron chi connectivity index (χ1n) is 7.16. The Kier molecular flexibility index (Phi) is 4.01. The molecule has 0 aromatic carbocycles. The van der Waals surface area contributed by atoms with Gasteiger partial charge in [0.05, 0.1) is 12.7 Å². The molecule has 2 N–H and O–H groups in total. The van der Waals surface area contributed by atoms with Crippen molar-refractivity contribution >= 4 is 5.95 Å². The maximum Gasteiger partial charge on any atom is 0.245 e. The Morgan fingerprint density at radius 2 is 2.19 bits per heavy atom. The monoisotopic (exact) mass is 288 g/mol. The quantitative estimate of drug-likeness (QED) is 0.876. The first-order valence-corrected chi connectivity index (χ1v) is 7.16. The van der Waals surface area contributed by atoms with Gasteiger partial charge in [0.15, 0.2) is 5.82 Å². The van der Waals surface area contributed by atoms with Crippen LogP contribution in [0.2, 0.25) is 0 Å². The summed E-state index contributed by atoms with van der Waals surface area (Å²) in [5, 5.41) is 10.6. The van der Waals surface area contributed by atoms with Gasteiger partial charge in [0.25, 0.3) is 0 Å². The first-order chi connectivity index (χ1) is 10.3. The molecule has 0 unspecified atom stereocenters. The standard InChI is InChI=1S/C14H20N6O/c1-15-10-5-8-20(9-6-10)14-17-12(18-19-14)11-4-3-7-16-13(11)21-2/h3-4,7,10,15H,5-6,8-9H2,1-2H3,(H,17,18,19). The van der Waals surface area contributed by atoms with Crippen LogP contribution in [0, 0.1) is 0 Å².